The van der Waals surface area contributed by atoms with Gasteiger partial charge in [-0.05, 0) is 79.6 Å². The molecule has 2 aliphatic rings. The molecule has 238 valence electrons. The molecule has 0 saturated carbocycles. The molecule has 2 amide bonds. The lowest BCUT2D eigenvalue weighted by molar-refractivity contribution is -0.157. The number of benzene rings is 3. The second kappa shape index (κ2) is 14.3. The van der Waals surface area contributed by atoms with Crippen LogP contribution in [0, 0.1) is 0 Å². The van der Waals surface area contributed by atoms with Crippen molar-refractivity contribution in [3.05, 3.63) is 89.0 Å². The number of ether oxygens (including phenoxy) is 3. The van der Waals surface area contributed by atoms with E-state index in [-0.39, 0.29) is 18.9 Å². The molecule has 5 rings (SSSR count). The first kappa shape index (κ1) is 32.2. The molecule has 0 spiro atoms. The van der Waals surface area contributed by atoms with Crippen LogP contribution in [0.1, 0.15) is 49.9 Å². The smallest absolute Gasteiger partial charge is 0.408 e. The Morgan fingerprint density at radius 3 is 2.44 bits per heavy atom. The minimum Gasteiger partial charge on any atom is -0.458 e. The summed E-state index contributed by atoms with van der Waals surface area (Å²) in [6.45, 7) is 11.1. The van der Waals surface area contributed by atoms with E-state index in [4.69, 9.17) is 14.2 Å². The van der Waals surface area contributed by atoms with Gasteiger partial charge in [-0.3, -0.25) is 9.69 Å². The Morgan fingerprint density at radius 2 is 1.71 bits per heavy atom. The third-order valence-corrected chi connectivity index (χ3v) is 8.03. The lowest BCUT2D eigenvalue weighted by Crippen LogP contribution is -2.51. The Bertz CT molecular complexity index is 1510. The predicted octanol–water partition coefficient (Wildman–Crippen LogP) is 5.12. The second-order valence-electron chi connectivity index (χ2n) is 12.5. The standard InChI is InChI=1S/C36H43N3O6/c1-5-43-20-19-38-17-18-39(33(40)23-38)28-15-13-25(14-16-28)21-32(34(41)45-36(2,3)4)37-35(42)44-24-27-10-8-12-30-29-11-7-6-9-26(29)22-31(27)30/h6-16,32H,5,17-24H2,1-4H3,(H,37,42). The molecule has 9 nitrogen and oxygen atoms in total. The first-order valence-electron chi connectivity index (χ1n) is 15.7. The van der Waals surface area contributed by atoms with Crippen molar-refractivity contribution in [1.29, 1.82) is 0 Å². The van der Waals surface area contributed by atoms with Crippen molar-refractivity contribution in [3.63, 3.8) is 0 Å². The van der Waals surface area contributed by atoms with E-state index < -0.39 is 23.7 Å². The molecule has 1 heterocycles. The van der Waals surface area contributed by atoms with Crippen molar-refractivity contribution in [2.45, 2.75) is 58.8 Å². The molecular formula is C36H43N3O6. The zero-order chi connectivity index (χ0) is 32.0. The minimum absolute atomic E-state index is 0.0366. The maximum atomic E-state index is 13.2. The Hall–Kier alpha value is -4.21. The maximum absolute atomic E-state index is 13.2. The van der Waals surface area contributed by atoms with Gasteiger partial charge in [-0.1, -0.05) is 54.6 Å². The highest BCUT2D eigenvalue weighted by Gasteiger charge is 2.29. The fourth-order valence-electron chi connectivity index (χ4n) is 5.82. The minimum atomic E-state index is -0.955. The summed E-state index contributed by atoms with van der Waals surface area (Å²) in [7, 11) is 0. The van der Waals surface area contributed by atoms with Gasteiger partial charge in [0, 0.05) is 38.3 Å². The van der Waals surface area contributed by atoms with Gasteiger partial charge in [0.15, 0.2) is 0 Å². The van der Waals surface area contributed by atoms with Crippen molar-refractivity contribution in [3.8, 4) is 11.1 Å². The van der Waals surface area contributed by atoms with Crippen LogP contribution >= 0.6 is 0 Å². The van der Waals surface area contributed by atoms with Gasteiger partial charge in [0.05, 0.1) is 13.2 Å². The van der Waals surface area contributed by atoms with Crippen molar-refractivity contribution in [1.82, 2.24) is 10.2 Å². The van der Waals surface area contributed by atoms with E-state index in [1.165, 1.54) is 11.1 Å². The van der Waals surface area contributed by atoms with Crippen LogP contribution in [0.25, 0.3) is 11.1 Å². The Kier molecular flexibility index (Phi) is 10.2. The number of fused-ring (bicyclic) bond motifs is 3. The number of anilines is 1. The molecule has 1 aliphatic carbocycles. The molecule has 0 bridgehead atoms. The first-order valence-corrected chi connectivity index (χ1v) is 15.7. The average molecular weight is 614 g/mol. The number of nitrogens with one attached hydrogen (secondary N) is 1. The summed E-state index contributed by atoms with van der Waals surface area (Å²) in [5.74, 6) is -0.507. The molecule has 1 saturated heterocycles. The average Bonchev–Trinajstić information content (AvgIpc) is 3.39. The Morgan fingerprint density at radius 1 is 0.956 bits per heavy atom. The van der Waals surface area contributed by atoms with Crippen LogP contribution < -0.4 is 10.2 Å². The van der Waals surface area contributed by atoms with Crippen molar-refractivity contribution in [2.75, 3.05) is 44.3 Å². The largest absolute Gasteiger partial charge is 0.458 e. The fraction of sp³-hybridized carbons (Fsp3) is 0.417. The van der Waals surface area contributed by atoms with Gasteiger partial charge >= 0.3 is 12.1 Å². The van der Waals surface area contributed by atoms with Crippen molar-refractivity contribution < 1.29 is 28.6 Å². The molecule has 0 aromatic heterocycles. The van der Waals surface area contributed by atoms with E-state index in [1.807, 2.05) is 55.5 Å². The molecule has 1 fully saturated rings. The lowest BCUT2D eigenvalue weighted by atomic mass is 10.0. The number of hydrogen-bond donors (Lipinski definition) is 1. The summed E-state index contributed by atoms with van der Waals surface area (Å²) in [6.07, 6.45) is 0.307. The Labute approximate surface area is 265 Å². The summed E-state index contributed by atoms with van der Waals surface area (Å²) in [6, 6.07) is 20.9. The quantitative estimate of drug-likeness (QED) is 0.185. The first-order chi connectivity index (χ1) is 21.6. The van der Waals surface area contributed by atoms with Gasteiger partial charge in [-0.15, -0.1) is 0 Å². The monoisotopic (exact) mass is 613 g/mol. The number of hydrogen-bond acceptors (Lipinski definition) is 7. The van der Waals surface area contributed by atoms with Crippen molar-refractivity contribution in [2.24, 2.45) is 0 Å². The van der Waals surface area contributed by atoms with E-state index in [1.54, 1.807) is 25.7 Å². The zero-order valence-electron chi connectivity index (χ0n) is 26.6. The van der Waals surface area contributed by atoms with Crippen LogP contribution in [-0.2, 0) is 43.2 Å². The van der Waals surface area contributed by atoms with Crippen LogP contribution in [0.4, 0.5) is 10.5 Å². The molecule has 3 aromatic rings. The van der Waals surface area contributed by atoms with E-state index in [2.05, 4.69) is 28.4 Å². The van der Waals surface area contributed by atoms with Gasteiger partial charge in [0.1, 0.15) is 18.2 Å². The molecule has 9 heteroatoms. The highest BCUT2D eigenvalue weighted by molar-refractivity contribution is 5.95. The number of esters is 1. The summed E-state index contributed by atoms with van der Waals surface area (Å²) in [5.41, 5.74) is 6.60. The lowest BCUT2D eigenvalue weighted by Gasteiger charge is -2.34. The zero-order valence-corrected chi connectivity index (χ0v) is 26.6. The Balaban J connectivity index is 1.21. The van der Waals surface area contributed by atoms with Crippen molar-refractivity contribution >= 4 is 23.7 Å². The third-order valence-electron chi connectivity index (χ3n) is 8.03. The third kappa shape index (κ3) is 8.29. The van der Waals surface area contributed by atoms with Gasteiger partial charge in [0.2, 0.25) is 5.91 Å². The van der Waals surface area contributed by atoms with E-state index >= 15 is 0 Å². The molecule has 1 atom stereocenters. The number of carbonyl (C=O) groups excluding carboxylic acids is 3. The second-order valence-corrected chi connectivity index (χ2v) is 12.5. The number of rotatable bonds is 11. The van der Waals surface area contributed by atoms with Gasteiger partial charge in [0.25, 0.3) is 0 Å². The number of carbonyl (C=O) groups is 3. The van der Waals surface area contributed by atoms with Gasteiger partial charge < -0.3 is 24.4 Å². The number of piperazine rings is 1. The molecule has 3 aromatic carbocycles. The summed E-state index contributed by atoms with van der Waals surface area (Å²) in [4.78, 5) is 42.9. The molecule has 1 N–H and O–H groups in total. The van der Waals surface area contributed by atoms with Gasteiger partial charge in [-0.2, -0.15) is 0 Å². The van der Waals surface area contributed by atoms with Crippen LogP contribution in [0.3, 0.4) is 0 Å². The molecule has 0 radical (unpaired) electrons. The normalized spacial score (nSPS) is 15.3. The predicted molar refractivity (Wildman–Crippen MR) is 173 cm³/mol. The summed E-state index contributed by atoms with van der Waals surface area (Å²) >= 11 is 0. The highest BCUT2D eigenvalue weighted by atomic mass is 16.6. The van der Waals surface area contributed by atoms with Crippen LogP contribution in [0.2, 0.25) is 0 Å². The summed E-state index contributed by atoms with van der Waals surface area (Å²) in [5, 5.41) is 2.74. The molecule has 45 heavy (non-hydrogen) atoms. The molecule has 1 unspecified atom stereocenters. The van der Waals surface area contributed by atoms with E-state index in [0.29, 0.717) is 26.3 Å². The molecular weight excluding hydrogens is 570 g/mol. The van der Waals surface area contributed by atoms with Crippen LogP contribution in [-0.4, -0.2) is 73.9 Å². The number of amides is 2. The fourth-order valence-corrected chi connectivity index (χ4v) is 5.82. The number of nitrogens with zero attached hydrogens (tertiary/aromatic N) is 2. The SMILES string of the molecule is CCOCCN1CCN(c2ccc(CC(NC(=O)OCc3cccc4c3Cc3ccccc3-4)C(=O)OC(C)(C)C)cc2)C(=O)C1. The van der Waals surface area contributed by atoms with Crippen LogP contribution in [0.5, 0.6) is 0 Å². The highest BCUT2D eigenvalue weighted by Crippen LogP contribution is 2.38. The van der Waals surface area contributed by atoms with E-state index in [0.717, 1.165) is 47.5 Å². The summed E-state index contributed by atoms with van der Waals surface area (Å²) < 4.78 is 16.7. The van der Waals surface area contributed by atoms with Crippen LogP contribution in [0.15, 0.2) is 66.7 Å². The number of alkyl carbamates (subject to hydrolysis) is 1. The topological polar surface area (TPSA) is 97.4 Å². The van der Waals surface area contributed by atoms with E-state index in [9.17, 15) is 14.4 Å². The molecule has 1 aliphatic heterocycles. The van der Waals surface area contributed by atoms with Gasteiger partial charge in [-0.25, -0.2) is 9.59 Å². The maximum Gasteiger partial charge on any atom is 0.408 e.